The lowest BCUT2D eigenvalue weighted by Gasteiger charge is -2.22. The molecular formula is C10H17NO4S2. The number of ether oxygens (including phenoxy) is 1. The Bertz CT molecular complexity index is 433. The van der Waals surface area contributed by atoms with Gasteiger partial charge in [-0.2, -0.15) is 8.42 Å². The quantitative estimate of drug-likeness (QED) is 0.793. The van der Waals surface area contributed by atoms with Crippen molar-refractivity contribution in [1.82, 2.24) is 5.32 Å². The molecule has 17 heavy (non-hydrogen) atoms. The third-order valence-corrected chi connectivity index (χ3v) is 3.20. The first-order valence-electron chi connectivity index (χ1n) is 5.16. The molecule has 2 N–H and O–H groups in total. The molecule has 0 saturated heterocycles. The normalized spacial score (nSPS) is 19.1. The van der Waals surface area contributed by atoms with Crippen LogP contribution in [0.4, 0.5) is 0 Å². The first kappa shape index (κ1) is 14.6. The average Bonchev–Trinajstić information content (AvgIpc) is 2.64. The fourth-order valence-electron chi connectivity index (χ4n) is 1.56. The zero-order valence-electron chi connectivity index (χ0n) is 9.84. The van der Waals surface area contributed by atoms with E-state index in [0.29, 0.717) is 12.4 Å². The predicted molar refractivity (Wildman–Crippen MR) is 68.1 cm³/mol. The van der Waals surface area contributed by atoms with Crippen molar-refractivity contribution < 1.29 is 17.7 Å². The first-order valence-corrected chi connectivity index (χ1v) is 7.89. The Labute approximate surface area is 106 Å². The lowest BCUT2D eigenvalue weighted by molar-refractivity contribution is 0.0469. The van der Waals surface area contributed by atoms with Gasteiger partial charge in [0.1, 0.15) is 6.10 Å². The van der Waals surface area contributed by atoms with Crippen LogP contribution in [0.2, 0.25) is 0 Å². The third-order valence-electron chi connectivity index (χ3n) is 2.15. The first-order chi connectivity index (χ1) is 7.92. The molecule has 5 nitrogen and oxygen atoms in total. The van der Waals surface area contributed by atoms with Crippen LogP contribution in [0.25, 0.3) is 0 Å². The number of fused-ring (bicyclic) bond motifs is 1. The van der Waals surface area contributed by atoms with Gasteiger partial charge in [-0.05, 0) is 30.5 Å². The molecule has 1 atom stereocenters. The Morgan fingerprint density at radius 3 is 2.88 bits per heavy atom. The molecule has 2 heterocycles. The van der Waals surface area contributed by atoms with Gasteiger partial charge in [-0.3, -0.25) is 4.55 Å². The number of nitrogens with one attached hydrogen (secondary N) is 1. The van der Waals surface area contributed by atoms with Gasteiger partial charge in [-0.15, -0.1) is 11.3 Å². The van der Waals surface area contributed by atoms with E-state index in [0.717, 1.165) is 19.6 Å². The smallest absolute Gasteiger partial charge is 0.261 e. The molecule has 0 saturated carbocycles. The monoisotopic (exact) mass is 279 g/mol. The summed E-state index contributed by atoms with van der Waals surface area (Å²) in [6, 6.07) is 2.21. The van der Waals surface area contributed by atoms with E-state index in [1.807, 2.05) is 18.4 Å². The predicted octanol–water partition coefficient (Wildman–Crippen LogP) is 1.09. The van der Waals surface area contributed by atoms with Crippen LogP contribution >= 0.6 is 11.3 Å². The number of hydrogen-bond acceptors (Lipinski definition) is 5. The van der Waals surface area contributed by atoms with Crippen molar-refractivity contribution in [2.24, 2.45) is 0 Å². The Kier molecular flexibility index (Phi) is 5.54. The molecule has 7 heteroatoms. The second-order valence-corrected chi connectivity index (χ2v) is 6.12. The van der Waals surface area contributed by atoms with Crippen molar-refractivity contribution in [3.63, 3.8) is 0 Å². The van der Waals surface area contributed by atoms with Crippen LogP contribution in [-0.4, -0.2) is 39.4 Å². The van der Waals surface area contributed by atoms with Gasteiger partial charge in [-0.25, -0.2) is 0 Å². The largest absolute Gasteiger partial charge is 0.371 e. The second kappa shape index (κ2) is 6.46. The van der Waals surface area contributed by atoms with Crippen LogP contribution in [-0.2, 0) is 21.3 Å². The van der Waals surface area contributed by atoms with Gasteiger partial charge in [0.25, 0.3) is 10.1 Å². The van der Waals surface area contributed by atoms with Gasteiger partial charge in [0.05, 0.1) is 12.9 Å². The van der Waals surface area contributed by atoms with Gasteiger partial charge in [0.2, 0.25) is 0 Å². The van der Waals surface area contributed by atoms with Gasteiger partial charge in [0.15, 0.2) is 0 Å². The lowest BCUT2D eigenvalue weighted by Crippen LogP contribution is -2.23. The van der Waals surface area contributed by atoms with Crippen LogP contribution in [0.1, 0.15) is 16.5 Å². The van der Waals surface area contributed by atoms with E-state index in [1.165, 1.54) is 10.4 Å². The van der Waals surface area contributed by atoms with E-state index in [4.69, 9.17) is 9.29 Å². The maximum absolute atomic E-state index is 9.19. The summed E-state index contributed by atoms with van der Waals surface area (Å²) in [4.78, 5) is 1.41. The highest BCUT2D eigenvalue weighted by molar-refractivity contribution is 7.85. The summed E-state index contributed by atoms with van der Waals surface area (Å²) >= 11 is 1.81. The zero-order chi connectivity index (χ0) is 12.9. The molecule has 0 spiro atoms. The second-order valence-electron chi connectivity index (χ2n) is 3.71. The maximum atomic E-state index is 9.19. The van der Waals surface area contributed by atoms with Gasteiger partial charge >= 0.3 is 0 Å². The molecule has 0 unspecified atom stereocenters. The third kappa shape index (κ3) is 5.60. The Morgan fingerprint density at radius 2 is 2.29 bits per heavy atom. The molecule has 0 aromatic carbocycles. The molecule has 0 bridgehead atoms. The molecule has 0 aliphatic carbocycles. The highest BCUT2D eigenvalue weighted by Gasteiger charge is 2.20. The van der Waals surface area contributed by atoms with Crippen molar-refractivity contribution in [2.45, 2.75) is 12.5 Å². The highest BCUT2D eigenvalue weighted by atomic mass is 32.2. The van der Waals surface area contributed by atoms with E-state index >= 15 is 0 Å². The zero-order valence-corrected chi connectivity index (χ0v) is 11.5. The minimum atomic E-state index is -3.67. The Hall–Kier alpha value is -0.470. The summed E-state index contributed by atoms with van der Waals surface area (Å²) in [5.41, 5.74) is 1.48. The van der Waals surface area contributed by atoms with Crippen LogP contribution < -0.4 is 5.32 Å². The van der Waals surface area contributed by atoms with Gasteiger partial charge in [-0.1, -0.05) is 0 Å². The molecule has 0 amide bonds. The van der Waals surface area contributed by atoms with Crippen LogP contribution in [0.3, 0.4) is 0 Å². The summed E-state index contributed by atoms with van der Waals surface area (Å²) in [6.45, 7) is 1.80. The molecule has 1 aliphatic heterocycles. The minimum absolute atomic E-state index is 0.291. The number of likely N-dealkylation sites (N-methyl/N-ethyl adjacent to an activating group) is 1. The van der Waals surface area contributed by atoms with E-state index in [1.54, 1.807) is 0 Å². The fourth-order valence-corrected chi connectivity index (χ4v) is 2.56. The molecule has 1 aromatic rings. The molecule has 98 valence electrons. The van der Waals surface area contributed by atoms with Gasteiger partial charge < -0.3 is 10.1 Å². The summed E-state index contributed by atoms with van der Waals surface area (Å²) in [5, 5.41) is 5.30. The van der Waals surface area contributed by atoms with E-state index in [-0.39, 0.29) is 0 Å². The Balaban J connectivity index is 0.000000249. The SMILES string of the molecule is CNC[C@@H]1OCCc2ccsc21.CS(=O)(=O)O. The number of hydrogen-bond donors (Lipinski definition) is 2. The summed E-state index contributed by atoms with van der Waals surface area (Å²) in [7, 11) is -1.70. The standard InChI is InChI=1S/C9H13NOS.CH4O3S/c1-10-6-8-9-7(2-4-11-8)3-5-12-9;1-5(2,3)4/h3,5,8,10H,2,4,6H2,1H3;1H3,(H,2,3,4)/t8-;/m0./s1. The lowest BCUT2D eigenvalue weighted by atomic mass is 10.1. The Morgan fingerprint density at radius 1 is 1.65 bits per heavy atom. The van der Waals surface area contributed by atoms with Gasteiger partial charge in [0, 0.05) is 11.4 Å². The average molecular weight is 279 g/mol. The number of rotatable bonds is 2. The molecule has 0 radical (unpaired) electrons. The van der Waals surface area contributed by atoms with E-state index in [2.05, 4.69) is 16.8 Å². The maximum Gasteiger partial charge on any atom is 0.261 e. The summed E-state index contributed by atoms with van der Waals surface area (Å²) in [6.07, 6.45) is 2.09. The summed E-state index contributed by atoms with van der Waals surface area (Å²) < 4.78 is 31.5. The van der Waals surface area contributed by atoms with Crippen LogP contribution in [0.5, 0.6) is 0 Å². The van der Waals surface area contributed by atoms with Crippen molar-refractivity contribution in [3.05, 3.63) is 21.9 Å². The summed E-state index contributed by atoms with van der Waals surface area (Å²) in [5.74, 6) is 0. The highest BCUT2D eigenvalue weighted by Crippen LogP contribution is 2.30. The fraction of sp³-hybridized carbons (Fsp3) is 0.600. The van der Waals surface area contributed by atoms with E-state index in [9.17, 15) is 8.42 Å². The van der Waals surface area contributed by atoms with Crippen LogP contribution in [0, 0.1) is 0 Å². The molecule has 2 rings (SSSR count). The number of thiophene rings is 1. The molecule has 0 fully saturated rings. The minimum Gasteiger partial charge on any atom is -0.371 e. The van der Waals surface area contributed by atoms with Crippen molar-refractivity contribution in [3.8, 4) is 0 Å². The van der Waals surface area contributed by atoms with E-state index < -0.39 is 10.1 Å². The van der Waals surface area contributed by atoms with Crippen molar-refractivity contribution in [1.29, 1.82) is 0 Å². The molecular weight excluding hydrogens is 262 g/mol. The van der Waals surface area contributed by atoms with Crippen LogP contribution in [0.15, 0.2) is 11.4 Å². The van der Waals surface area contributed by atoms with Crippen molar-refractivity contribution in [2.75, 3.05) is 26.5 Å². The molecule has 1 aromatic heterocycles. The molecule has 1 aliphatic rings. The van der Waals surface area contributed by atoms with Crippen molar-refractivity contribution >= 4 is 21.5 Å². The topological polar surface area (TPSA) is 75.6 Å².